The molecule has 0 bridgehead atoms. The summed E-state index contributed by atoms with van der Waals surface area (Å²) in [4.78, 5) is 0. The van der Waals surface area contributed by atoms with Crippen molar-refractivity contribution in [3.8, 4) is 0 Å². The third-order valence-electron chi connectivity index (χ3n) is 5.60. The van der Waals surface area contributed by atoms with Crippen LogP contribution >= 0.6 is 0 Å². The summed E-state index contributed by atoms with van der Waals surface area (Å²) in [5.74, 6) is 0. The first kappa shape index (κ1) is 17.1. The summed E-state index contributed by atoms with van der Waals surface area (Å²) >= 11 is 0. The van der Waals surface area contributed by atoms with Gasteiger partial charge in [-0.3, -0.25) is 0 Å². The number of aromatic nitrogens is 2. The van der Waals surface area contributed by atoms with Crippen molar-refractivity contribution in [2.24, 2.45) is 0 Å². The normalized spacial score (nSPS) is 11.8. The van der Waals surface area contributed by atoms with Crippen LogP contribution in [0.5, 0.6) is 0 Å². The zero-order valence-corrected chi connectivity index (χ0v) is 16.3. The fourth-order valence-corrected chi connectivity index (χ4v) is 4.14. The predicted octanol–water partition coefficient (Wildman–Crippen LogP) is 6.57. The summed E-state index contributed by atoms with van der Waals surface area (Å²) in [6.07, 6.45) is 7.25. The van der Waals surface area contributed by atoms with Crippen LogP contribution in [-0.4, -0.2) is 10.9 Å². The molecule has 0 aliphatic rings. The van der Waals surface area contributed by atoms with Crippen LogP contribution in [0.4, 0.5) is 5.69 Å². The van der Waals surface area contributed by atoms with Gasteiger partial charge in [0.1, 0.15) is 17.2 Å². The molecule has 3 heteroatoms. The lowest BCUT2D eigenvalue weighted by atomic mass is 10.1. The van der Waals surface area contributed by atoms with E-state index in [1.807, 2.05) is 0 Å². The Morgan fingerprint density at radius 1 is 0.857 bits per heavy atom. The fraction of sp³-hybridized carbons (Fsp3) is 0.240. The van der Waals surface area contributed by atoms with Gasteiger partial charge < -0.3 is 5.32 Å². The third-order valence-corrected chi connectivity index (χ3v) is 5.60. The Balaban J connectivity index is 1.57. The number of pyridine rings is 2. The Morgan fingerprint density at radius 2 is 1.75 bits per heavy atom. The van der Waals surface area contributed by atoms with E-state index in [1.54, 1.807) is 0 Å². The molecule has 0 spiro atoms. The SMILES string of the molecule is CCCCCC[N-]c1ccc2c(ccc3n4c(ccc5ccccc54)c[n+]23)c1. The Kier molecular flexibility index (Phi) is 4.36. The summed E-state index contributed by atoms with van der Waals surface area (Å²) < 4.78 is 4.63. The van der Waals surface area contributed by atoms with Gasteiger partial charge in [0, 0.05) is 16.8 Å². The largest absolute Gasteiger partial charge is 0.684 e. The van der Waals surface area contributed by atoms with Crippen molar-refractivity contribution in [2.45, 2.75) is 32.6 Å². The number of nitrogens with zero attached hydrogens (tertiary/aromatic N) is 3. The van der Waals surface area contributed by atoms with Crippen LogP contribution in [0.15, 0.2) is 72.9 Å². The van der Waals surface area contributed by atoms with Crippen LogP contribution in [-0.2, 0) is 0 Å². The van der Waals surface area contributed by atoms with Crippen molar-refractivity contribution in [1.29, 1.82) is 0 Å². The van der Waals surface area contributed by atoms with E-state index in [2.05, 4.69) is 88.7 Å². The van der Waals surface area contributed by atoms with Crippen LogP contribution in [0, 0.1) is 0 Å². The second-order valence-electron chi connectivity index (χ2n) is 7.53. The van der Waals surface area contributed by atoms with Gasteiger partial charge in [0.25, 0.3) is 5.65 Å². The van der Waals surface area contributed by atoms with Crippen molar-refractivity contribution < 1.29 is 4.40 Å². The molecule has 0 amide bonds. The van der Waals surface area contributed by atoms with Gasteiger partial charge in [-0.05, 0) is 30.3 Å². The fourth-order valence-electron chi connectivity index (χ4n) is 4.14. The van der Waals surface area contributed by atoms with Gasteiger partial charge in [0.2, 0.25) is 0 Å². The van der Waals surface area contributed by atoms with Crippen molar-refractivity contribution in [1.82, 2.24) is 4.40 Å². The van der Waals surface area contributed by atoms with Crippen LogP contribution in [0.1, 0.15) is 32.6 Å². The second-order valence-corrected chi connectivity index (χ2v) is 7.53. The van der Waals surface area contributed by atoms with Gasteiger partial charge in [-0.15, -0.1) is 12.2 Å². The maximum absolute atomic E-state index is 4.78. The minimum atomic E-state index is 0.920. The lowest BCUT2D eigenvalue weighted by Gasteiger charge is -2.21. The molecule has 0 fully saturated rings. The number of benzene rings is 2. The highest BCUT2D eigenvalue weighted by Gasteiger charge is 2.16. The van der Waals surface area contributed by atoms with Crippen LogP contribution in [0.25, 0.3) is 38.3 Å². The van der Waals surface area contributed by atoms with E-state index in [0.717, 1.165) is 12.2 Å². The number of para-hydroxylation sites is 1. The van der Waals surface area contributed by atoms with E-state index in [-0.39, 0.29) is 0 Å². The highest BCUT2D eigenvalue weighted by atomic mass is 15.1. The first-order valence-corrected chi connectivity index (χ1v) is 10.3. The molecule has 3 heterocycles. The van der Waals surface area contributed by atoms with Crippen LogP contribution in [0.3, 0.4) is 0 Å². The second kappa shape index (κ2) is 7.16. The average Bonchev–Trinajstić information content (AvgIpc) is 3.13. The maximum Gasteiger partial charge on any atom is 0.292 e. The van der Waals surface area contributed by atoms with Gasteiger partial charge in [0.15, 0.2) is 5.52 Å². The van der Waals surface area contributed by atoms with E-state index in [9.17, 15) is 0 Å². The first-order chi connectivity index (χ1) is 13.8. The molecule has 5 aromatic rings. The smallest absolute Gasteiger partial charge is 0.292 e. The van der Waals surface area contributed by atoms with Crippen molar-refractivity contribution >= 4 is 38.7 Å². The minimum absolute atomic E-state index is 0.920. The quantitative estimate of drug-likeness (QED) is 0.239. The van der Waals surface area contributed by atoms with Crippen molar-refractivity contribution in [2.75, 3.05) is 6.54 Å². The number of hydrogen-bond donors (Lipinski definition) is 0. The Labute approximate surface area is 165 Å². The topological polar surface area (TPSA) is 22.6 Å². The molecule has 0 N–H and O–H groups in total. The van der Waals surface area contributed by atoms with Crippen LogP contribution < -0.4 is 4.40 Å². The van der Waals surface area contributed by atoms with E-state index in [0.29, 0.717) is 0 Å². The van der Waals surface area contributed by atoms with Crippen molar-refractivity contribution in [3.05, 3.63) is 78.2 Å². The highest BCUT2D eigenvalue weighted by Crippen LogP contribution is 2.25. The standard InChI is InChI=1S/C25H25N3/c1-2-3-4-7-16-26-21-12-14-23-20(17-21)11-15-25-27(23)18-22-13-10-19-8-5-6-9-24(19)28(22)25/h5-6,8-15,17-18H,2-4,7,16H2,1H3. The summed E-state index contributed by atoms with van der Waals surface area (Å²) in [7, 11) is 0. The minimum Gasteiger partial charge on any atom is -0.684 e. The van der Waals surface area contributed by atoms with Crippen molar-refractivity contribution in [3.63, 3.8) is 0 Å². The number of hydrogen-bond acceptors (Lipinski definition) is 0. The molecule has 28 heavy (non-hydrogen) atoms. The van der Waals surface area contributed by atoms with E-state index >= 15 is 0 Å². The summed E-state index contributed by atoms with van der Waals surface area (Å²) in [5.41, 5.74) is 5.92. The lowest BCUT2D eigenvalue weighted by molar-refractivity contribution is -0.479. The molecule has 0 saturated heterocycles. The molecular formula is C25H25N3. The van der Waals surface area contributed by atoms with Gasteiger partial charge in [0.05, 0.1) is 0 Å². The number of fused-ring (bicyclic) bond motifs is 7. The van der Waals surface area contributed by atoms with E-state index in [4.69, 9.17) is 5.32 Å². The zero-order chi connectivity index (χ0) is 18.9. The summed E-state index contributed by atoms with van der Waals surface area (Å²) in [6, 6.07) is 23.9. The molecule has 2 aromatic carbocycles. The molecule has 3 nitrogen and oxygen atoms in total. The zero-order valence-electron chi connectivity index (χ0n) is 16.3. The van der Waals surface area contributed by atoms with E-state index < -0.39 is 0 Å². The Morgan fingerprint density at radius 3 is 2.68 bits per heavy atom. The predicted molar refractivity (Wildman–Crippen MR) is 118 cm³/mol. The highest BCUT2D eigenvalue weighted by molar-refractivity contribution is 5.86. The third kappa shape index (κ3) is 2.88. The monoisotopic (exact) mass is 367 g/mol. The maximum atomic E-state index is 4.78. The van der Waals surface area contributed by atoms with E-state index in [1.165, 1.54) is 58.7 Å². The average molecular weight is 367 g/mol. The molecule has 140 valence electrons. The summed E-state index contributed by atoms with van der Waals surface area (Å²) in [5, 5.41) is 7.26. The number of unbranched alkanes of at least 4 members (excludes halogenated alkanes) is 3. The van der Waals surface area contributed by atoms with Gasteiger partial charge >= 0.3 is 0 Å². The van der Waals surface area contributed by atoms with Gasteiger partial charge in [-0.2, -0.15) is 8.80 Å². The molecule has 5 rings (SSSR count). The molecule has 3 aromatic heterocycles. The molecule has 0 saturated carbocycles. The Hall–Kier alpha value is -3.07. The Bertz CT molecular complexity index is 1280. The van der Waals surface area contributed by atoms with Crippen LogP contribution in [0.2, 0.25) is 0 Å². The molecule has 0 radical (unpaired) electrons. The molecule has 0 aliphatic heterocycles. The summed E-state index contributed by atoms with van der Waals surface area (Å²) in [6.45, 7) is 3.16. The van der Waals surface area contributed by atoms with Gasteiger partial charge in [-0.25, -0.2) is 0 Å². The number of imidazole rings is 1. The molecule has 0 aliphatic carbocycles. The molecule has 0 unspecified atom stereocenters. The number of rotatable bonds is 6. The first-order valence-electron chi connectivity index (χ1n) is 10.3. The molecular weight excluding hydrogens is 342 g/mol. The lowest BCUT2D eigenvalue weighted by Crippen LogP contribution is -2.19. The molecule has 0 atom stereocenters. The van der Waals surface area contributed by atoms with Gasteiger partial charge in [-0.1, -0.05) is 62.9 Å².